The van der Waals surface area contributed by atoms with Crippen LogP contribution in [0, 0.1) is 0 Å². The van der Waals surface area contributed by atoms with Crippen LogP contribution in [0.2, 0.25) is 0 Å². The van der Waals surface area contributed by atoms with Crippen LogP contribution in [0.25, 0.3) is 0 Å². The normalized spacial score (nSPS) is 11.6. The number of urea groups is 1. The second-order valence-electron chi connectivity index (χ2n) is 9.13. The van der Waals surface area contributed by atoms with E-state index in [1.54, 1.807) is 41.7 Å². The van der Waals surface area contributed by atoms with Crippen LogP contribution in [0.3, 0.4) is 0 Å². The average molecular weight is 529 g/mol. The molecule has 1 atom stereocenters. The summed E-state index contributed by atoms with van der Waals surface area (Å²) >= 11 is 1.37. The molecule has 0 fully saturated rings. The predicted molar refractivity (Wildman–Crippen MR) is 152 cm³/mol. The number of methoxy groups -OCH3 is 1. The van der Waals surface area contributed by atoms with Gasteiger partial charge in [-0.3, -0.25) is 4.79 Å². The molecule has 0 spiro atoms. The van der Waals surface area contributed by atoms with Gasteiger partial charge in [0.05, 0.1) is 19.7 Å². The highest BCUT2D eigenvalue weighted by atomic mass is 32.1. The molecule has 196 valence electrons. The minimum Gasteiger partial charge on any atom is -0.497 e. The summed E-state index contributed by atoms with van der Waals surface area (Å²) < 4.78 is 5.18. The van der Waals surface area contributed by atoms with Crippen LogP contribution in [0.5, 0.6) is 5.75 Å². The molecule has 7 nitrogen and oxygen atoms in total. The van der Waals surface area contributed by atoms with Gasteiger partial charge < -0.3 is 20.3 Å². The van der Waals surface area contributed by atoms with Crippen LogP contribution in [-0.4, -0.2) is 35.0 Å². The second-order valence-corrected chi connectivity index (χ2v) is 10.1. The summed E-state index contributed by atoms with van der Waals surface area (Å²) in [6.07, 6.45) is 0.667. The number of carbonyl (C=O) groups excluding carboxylic acids is 2. The standard InChI is InChI=1S/C30H32N4O3S/c1-21(2)34(30(36)31-24-14-16-25(37-3)17-15-24)19-28-32-27(20-38-28)29(35)33-26(23-12-8-5-9-13-23)18-22-10-6-4-7-11-22/h4-17,20-21,26H,18-19H2,1-3H3,(H,31,36)(H,33,35). The summed E-state index contributed by atoms with van der Waals surface area (Å²) in [5.41, 5.74) is 3.18. The Morgan fingerprint density at radius 1 is 0.947 bits per heavy atom. The lowest BCUT2D eigenvalue weighted by Crippen LogP contribution is -2.39. The molecular weight excluding hydrogens is 496 g/mol. The zero-order valence-electron chi connectivity index (χ0n) is 21.8. The van der Waals surface area contributed by atoms with Gasteiger partial charge in [0.15, 0.2) is 0 Å². The van der Waals surface area contributed by atoms with Crippen LogP contribution >= 0.6 is 11.3 Å². The molecule has 0 saturated heterocycles. The highest BCUT2D eigenvalue weighted by molar-refractivity contribution is 7.09. The molecule has 0 aliphatic rings. The number of rotatable bonds is 10. The van der Waals surface area contributed by atoms with Gasteiger partial charge in [-0.05, 0) is 55.7 Å². The molecule has 0 aliphatic carbocycles. The lowest BCUT2D eigenvalue weighted by Gasteiger charge is -2.26. The van der Waals surface area contributed by atoms with Gasteiger partial charge in [-0.25, -0.2) is 9.78 Å². The molecule has 0 bridgehead atoms. The Kier molecular flexibility index (Phi) is 9.11. The van der Waals surface area contributed by atoms with Gasteiger partial charge in [0.1, 0.15) is 16.5 Å². The molecule has 0 saturated carbocycles. The first-order valence-corrected chi connectivity index (χ1v) is 13.4. The first-order valence-electron chi connectivity index (χ1n) is 12.5. The molecule has 1 aromatic heterocycles. The van der Waals surface area contributed by atoms with Gasteiger partial charge in [0.2, 0.25) is 0 Å². The summed E-state index contributed by atoms with van der Waals surface area (Å²) in [6.45, 7) is 4.19. The minimum absolute atomic E-state index is 0.0669. The largest absolute Gasteiger partial charge is 0.497 e. The third-order valence-corrected chi connectivity index (χ3v) is 6.94. The monoisotopic (exact) mass is 528 g/mol. The van der Waals surface area contributed by atoms with Gasteiger partial charge >= 0.3 is 6.03 Å². The van der Waals surface area contributed by atoms with Gasteiger partial charge in [-0.2, -0.15) is 0 Å². The lowest BCUT2D eigenvalue weighted by molar-refractivity contribution is 0.0932. The van der Waals surface area contributed by atoms with E-state index in [0.29, 0.717) is 29.4 Å². The van der Waals surface area contributed by atoms with Crippen LogP contribution < -0.4 is 15.4 Å². The lowest BCUT2D eigenvalue weighted by atomic mass is 9.99. The molecular formula is C30H32N4O3S. The van der Waals surface area contributed by atoms with Crippen LogP contribution in [0.1, 0.15) is 46.5 Å². The van der Waals surface area contributed by atoms with Crippen LogP contribution in [-0.2, 0) is 13.0 Å². The van der Waals surface area contributed by atoms with Gasteiger partial charge in [0.25, 0.3) is 5.91 Å². The summed E-state index contributed by atoms with van der Waals surface area (Å²) in [5.74, 6) is 0.478. The van der Waals surface area contributed by atoms with Crippen LogP contribution in [0.15, 0.2) is 90.3 Å². The zero-order chi connectivity index (χ0) is 26.9. The maximum Gasteiger partial charge on any atom is 0.322 e. The number of hydrogen-bond donors (Lipinski definition) is 2. The second kappa shape index (κ2) is 12.9. The Bertz CT molecular complexity index is 1320. The van der Waals surface area contributed by atoms with E-state index in [0.717, 1.165) is 16.9 Å². The van der Waals surface area contributed by atoms with Crippen molar-refractivity contribution in [3.63, 3.8) is 0 Å². The van der Waals surface area contributed by atoms with Crippen molar-refractivity contribution < 1.29 is 14.3 Å². The number of aromatic nitrogens is 1. The Morgan fingerprint density at radius 3 is 2.24 bits per heavy atom. The van der Waals surface area contributed by atoms with Crippen molar-refractivity contribution in [3.05, 3.63) is 112 Å². The first kappa shape index (κ1) is 26.9. The van der Waals surface area contributed by atoms with Crippen LogP contribution in [0.4, 0.5) is 10.5 Å². The van der Waals surface area contributed by atoms with Crippen molar-refractivity contribution in [3.8, 4) is 5.75 Å². The number of carbonyl (C=O) groups is 2. The Labute approximate surface area is 227 Å². The SMILES string of the molecule is COc1ccc(NC(=O)N(Cc2nc(C(=O)NC(Cc3ccccc3)c3ccccc3)cs2)C(C)C)cc1. The Hall–Kier alpha value is -4.17. The molecule has 0 radical (unpaired) electrons. The van der Waals surface area contributed by atoms with Gasteiger partial charge in [-0.1, -0.05) is 60.7 Å². The van der Waals surface area contributed by atoms with Crippen molar-refractivity contribution >= 4 is 29.0 Å². The summed E-state index contributed by atoms with van der Waals surface area (Å²) in [4.78, 5) is 32.5. The molecule has 8 heteroatoms. The number of anilines is 1. The van der Waals surface area contributed by atoms with Crippen molar-refractivity contribution in [1.29, 1.82) is 0 Å². The number of thiazole rings is 1. The topological polar surface area (TPSA) is 83.6 Å². The van der Waals surface area contributed by atoms with E-state index in [9.17, 15) is 9.59 Å². The van der Waals surface area contributed by atoms with Crippen molar-refractivity contribution in [2.75, 3.05) is 12.4 Å². The van der Waals surface area contributed by atoms with E-state index in [1.165, 1.54) is 11.3 Å². The van der Waals surface area contributed by atoms with E-state index in [-0.39, 0.29) is 24.0 Å². The summed E-state index contributed by atoms with van der Waals surface area (Å²) in [5, 5.41) is 8.51. The zero-order valence-corrected chi connectivity index (χ0v) is 22.6. The number of hydrogen-bond acceptors (Lipinski definition) is 5. The number of benzene rings is 3. The van der Waals surface area contributed by atoms with Crippen molar-refractivity contribution in [1.82, 2.24) is 15.2 Å². The fourth-order valence-corrected chi connectivity index (χ4v) is 4.78. The molecule has 4 aromatic rings. The Balaban J connectivity index is 1.43. The van der Waals surface area contributed by atoms with E-state index >= 15 is 0 Å². The third-order valence-electron chi connectivity index (χ3n) is 6.11. The molecule has 1 unspecified atom stereocenters. The van der Waals surface area contributed by atoms with Gasteiger partial charge in [-0.15, -0.1) is 11.3 Å². The average Bonchev–Trinajstić information content (AvgIpc) is 3.41. The third kappa shape index (κ3) is 7.20. The summed E-state index contributed by atoms with van der Waals surface area (Å²) in [6, 6.07) is 26.7. The van der Waals surface area contributed by atoms with Crippen molar-refractivity contribution in [2.45, 2.75) is 38.9 Å². The van der Waals surface area contributed by atoms with Crippen molar-refractivity contribution in [2.24, 2.45) is 0 Å². The molecule has 4 rings (SSSR count). The highest BCUT2D eigenvalue weighted by Gasteiger charge is 2.22. The maximum absolute atomic E-state index is 13.2. The number of nitrogens with one attached hydrogen (secondary N) is 2. The number of amides is 3. The van der Waals surface area contributed by atoms with E-state index in [2.05, 4.69) is 27.8 Å². The molecule has 38 heavy (non-hydrogen) atoms. The molecule has 3 amide bonds. The van der Waals surface area contributed by atoms with E-state index in [1.807, 2.05) is 62.4 Å². The first-order chi connectivity index (χ1) is 18.4. The quantitative estimate of drug-likeness (QED) is 0.253. The molecule has 3 aromatic carbocycles. The van der Waals surface area contributed by atoms with E-state index in [4.69, 9.17) is 4.74 Å². The fraction of sp³-hybridized carbons (Fsp3) is 0.233. The summed E-state index contributed by atoms with van der Waals surface area (Å²) in [7, 11) is 1.60. The minimum atomic E-state index is -0.240. The van der Waals surface area contributed by atoms with Gasteiger partial charge in [0, 0.05) is 17.1 Å². The Morgan fingerprint density at radius 2 is 1.61 bits per heavy atom. The van der Waals surface area contributed by atoms with E-state index < -0.39 is 0 Å². The fourth-order valence-electron chi connectivity index (χ4n) is 4.01. The predicted octanol–water partition coefficient (Wildman–Crippen LogP) is 6.31. The highest BCUT2D eigenvalue weighted by Crippen LogP contribution is 2.21. The smallest absolute Gasteiger partial charge is 0.322 e. The number of nitrogens with zero attached hydrogens (tertiary/aromatic N) is 2. The number of ether oxygens (including phenoxy) is 1. The molecule has 1 heterocycles. The maximum atomic E-state index is 13.2. The molecule has 0 aliphatic heterocycles. The molecule has 2 N–H and O–H groups in total.